The molecular formula is CH6O7S2. The maximum Gasteiger partial charge on any atom is 0.413 e. The number of hydrogen-bond donors (Lipinski definition) is 2. The van der Waals surface area contributed by atoms with Gasteiger partial charge in [-0.05, 0) is 0 Å². The van der Waals surface area contributed by atoms with Crippen LogP contribution in [0.3, 0.4) is 0 Å². The van der Waals surface area contributed by atoms with Gasteiger partial charge in [-0.25, -0.2) is 0 Å². The van der Waals surface area contributed by atoms with E-state index in [-0.39, 0.29) is 7.43 Å². The lowest BCUT2D eigenvalue weighted by molar-refractivity contribution is 0.344. The van der Waals surface area contributed by atoms with Gasteiger partial charge in [0.25, 0.3) is 0 Å². The second kappa shape index (κ2) is 3.25. The van der Waals surface area contributed by atoms with Gasteiger partial charge < -0.3 is 0 Å². The van der Waals surface area contributed by atoms with Crippen LogP contribution in [0.2, 0.25) is 0 Å². The molecule has 0 saturated carbocycles. The third kappa shape index (κ3) is 10.7. The minimum absolute atomic E-state index is 0. The quantitative estimate of drug-likeness (QED) is 0.555. The molecular weight excluding hydrogens is 188 g/mol. The van der Waals surface area contributed by atoms with Crippen molar-refractivity contribution in [3.63, 3.8) is 0 Å². The van der Waals surface area contributed by atoms with E-state index in [1.165, 1.54) is 0 Å². The molecule has 0 aliphatic heterocycles. The second-order valence-corrected chi connectivity index (χ2v) is 3.18. The highest BCUT2D eigenvalue weighted by molar-refractivity contribution is 7.94. The Hall–Kier alpha value is -0.220. The van der Waals surface area contributed by atoms with Crippen LogP contribution in [0.15, 0.2) is 0 Å². The van der Waals surface area contributed by atoms with E-state index in [0.29, 0.717) is 0 Å². The Kier molecular flexibility index (Phi) is 4.05. The Labute approximate surface area is 58.5 Å². The maximum atomic E-state index is 9.44. The van der Waals surface area contributed by atoms with E-state index in [1.54, 1.807) is 0 Å². The summed E-state index contributed by atoms with van der Waals surface area (Å²) in [7, 11) is -10.2. The lowest BCUT2D eigenvalue weighted by Crippen LogP contribution is -2.10. The van der Waals surface area contributed by atoms with Gasteiger partial charge in [0.1, 0.15) is 0 Å². The van der Waals surface area contributed by atoms with Crippen molar-refractivity contribution < 1.29 is 29.6 Å². The molecule has 0 fully saturated rings. The molecule has 0 bridgehead atoms. The molecule has 0 amide bonds. The lowest BCUT2D eigenvalue weighted by atomic mass is 12.0. The molecule has 10 heavy (non-hydrogen) atoms. The summed E-state index contributed by atoms with van der Waals surface area (Å²) < 4.78 is 55.6. The van der Waals surface area contributed by atoms with Crippen LogP contribution in [0.1, 0.15) is 7.43 Å². The molecule has 0 aromatic carbocycles. The Balaban J connectivity index is 0. The normalized spacial score (nSPS) is 12.2. The zero-order valence-electron chi connectivity index (χ0n) is 3.75. The number of hydrogen-bond acceptors (Lipinski definition) is 5. The van der Waals surface area contributed by atoms with Crippen LogP contribution in [-0.2, 0) is 24.4 Å². The van der Waals surface area contributed by atoms with Crippen LogP contribution in [0, 0.1) is 0 Å². The van der Waals surface area contributed by atoms with E-state index in [4.69, 9.17) is 9.11 Å². The van der Waals surface area contributed by atoms with Crippen LogP contribution < -0.4 is 0 Å². The topological polar surface area (TPSA) is 118 Å². The van der Waals surface area contributed by atoms with Crippen LogP contribution in [0.4, 0.5) is 0 Å². The molecule has 0 aromatic heterocycles. The van der Waals surface area contributed by atoms with Gasteiger partial charge in [-0.3, -0.25) is 9.11 Å². The van der Waals surface area contributed by atoms with Gasteiger partial charge in [0.15, 0.2) is 0 Å². The zero-order valence-corrected chi connectivity index (χ0v) is 5.39. The molecule has 0 atom stereocenters. The summed E-state index contributed by atoms with van der Waals surface area (Å²) in [6.07, 6.45) is 0. The molecule has 0 rings (SSSR count). The Morgan fingerprint density at radius 3 is 1.10 bits per heavy atom. The molecule has 0 aromatic rings. The molecule has 0 radical (unpaired) electrons. The molecule has 7 nitrogen and oxygen atoms in total. The van der Waals surface area contributed by atoms with Crippen LogP contribution >= 0.6 is 0 Å². The fraction of sp³-hybridized carbons (Fsp3) is 1.00. The predicted molar refractivity (Wildman–Crippen MR) is 30.9 cm³/mol. The van der Waals surface area contributed by atoms with Crippen LogP contribution in [-0.4, -0.2) is 25.9 Å². The van der Waals surface area contributed by atoms with Crippen LogP contribution in [0.5, 0.6) is 0 Å². The highest BCUT2D eigenvalue weighted by Gasteiger charge is 2.15. The van der Waals surface area contributed by atoms with Gasteiger partial charge in [0, 0.05) is 0 Å². The lowest BCUT2D eigenvalue weighted by Gasteiger charge is -1.89. The second-order valence-electron chi connectivity index (χ2n) is 0.924. The third-order valence-corrected chi connectivity index (χ3v) is 1.55. The molecule has 9 heteroatoms. The van der Waals surface area contributed by atoms with E-state index in [1.807, 2.05) is 0 Å². The Morgan fingerprint density at radius 1 is 0.900 bits per heavy atom. The Bertz CT molecular complexity index is 237. The summed E-state index contributed by atoms with van der Waals surface area (Å²) in [6.45, 7) is 0. The van der Waals surface area contributed by atoms with Gasteiger partial charge in [-0.2, -0.15) is 16.8 Å². The monoisotopic (exact) mass is 194 g/mol. The van der Waals surface area contributed by atoms with Crippen molar-refractivity contribution in [2.45, 2.75) is 7.43 Å². The third-order valence-electron chi connectivity index (χ3n) is 0.172. The Morgan fingerprint density at radius 2 is 1.10 bits per heavy atom. The highest BCUT2D eigenvalue weighted by Crippen LogP contribution is 1.91. The molecule has 0 heterocycles. The smallest absolute Gasteiger partial charge is 0.263 e. The van der Waals surface area contributed by atoms with Crippen molar-refractivity contribution >= 4 is 20.8 Å². The van der Waals surface area contributed by atoms with Crippen molar-refractivity contribution in [3.05, 3.63) is 0 Å². The molecule has 0 saturated heterocycles. The summed E-state index contributed by atoms with van der Waals surface area (Å²) in [4.78, 5) is 0. The first-order valence-corrected chi connectivity index (χ1v) is 4.10. The van der Waals surface area contributed by atoms with Crippen molar-refractivity contribution in [2.24, 2.45) is 0 Å². The molecule has 2 N–H and O–H groups in total. The average molecular weight is 194 g/mol. The van der Waals surface area contributed by atoms with Gasteiger partial charge in [-0.15, -0.1) is 3.63 Å². The van der Waals surface area contributed by atoms with E-state index in [0.717, 1.165) is 0 Å². The molecule has 64 valence electrons. The summed E-state index contributed by atoms with van der Waals surface area (Å²) in [5.74, 6) is 0. The van der Waals surface area contributed by atoms with E-state index < -0.39 is 20.8 Å². The largest absolute Gasteiger partial charge is 0.413 e. The summed E-state index contributed by atoms with van der Waals surface area (Å²) >= 11 is 0. The van der Waals surface area contributed by atoms with E-state index >= 15 is 0 Å². The average Bonchev–Trinajstić information content (AvgIpc) is 1.14. The summed E-state index contributed by atoms with van der Waals surface area (Å²) in [6, 6.07) is 0. The van der Waals surface area contributed by atoms with E-state index in [9.17, 15) is 16.8 Å². The van der Waals surface area contributed by atoms with Gasteiger partial charge in [0.05, 0.1) is 0 Å². The van der Waals surface area contributed by atoms with Crippen molar-refractivity contribution in [2.75, 3.05) is 0 Å². The van der Waals surface area contributed by atoms with Crippen molar-refractivity contribution in [1.29, 1.82) is 0 Å². The van der Waals surface area contributed by atoms with Gasteiger partial charge in [0.2, 0.25) is 0 Å². The van der Waals surface area contributed by atoms with E-state index in [2.05, 4.69) is 3.63 Å². The van der Waals surface area contributed by atoms with Gasteiger partial charge in [-0.1, -0.05) is 7.43 Å². The first-order chi connectivity index (χ1) is 3.71. The molecule has 0 aliphatic rings. The molecule has 0 unspecified atom stereocenters. The number of rotatable bonds is 2. The molecule has 0 spiro atoms. The first kappa shape index (κ1) is 12.5. The molecule has 0 aliphatic carbocycles. The maximum absolute atomic E-state index is 9.44. The first-order valence-electron chi connectivity index (χ1n) is 1.37. The summed E-state index contributed by atoms with van der Waals surface area (Å²) in [5.41, 5.74) is 0. The fourth-order valence-electron chi connectivity index (χ4n) is 0.109. The zero-order chi connectivity index (χ0) is 7.71. The van der Waals surface area contributed by atoms with Crippen LogP contribution in [0.25, 0.3) is 0 Å². The minimum atomic E-state index is -5.12. The highest BCUT2D eigenvalue weighted by atomic mass is 32.3. The standard InChI is InChI=1S/CH4.H2O7S2/c;1-8(2,3)7-9(4,5)6/h1H4;(H,1,2,3)(H,4,5,6). The van der Waals surface area contributed by atoms with Gasteiger partial charge >= 0.3 is 20.8 Å². The fourth-order valence-corrected chi connectivity index (χ4v) is 0.978. The van der Waals surface area contributed by atoms with Crippen molar-refractivity contribution in [1.82, 2.24) is 0 Å². The predicted octanol–water partition coefficient (Wildman–Crippen LogP) is -0.755. The summed E-state index contributed by atoms with van der Waals surface area (Å²) in [5, 5.41) is 0. The van der Waals surface area contributed by atoms with Crippen molar-refractivity contribution in [3.8, 4) is 0 Å². The SMILES string of the molecule is C.O=S(=O)(O)OS(=O)(=O)O. The minimum Gasteiger partial charge on any atom is -0.263 e.